The van der Waals surface area contributed by atoms with Gasteiger partial charge in [-0.2, -0.15) is 13.2 Å². The van der Waals surface area contributed by atoms with Crippen LogP contribution in [0.4, 0.5) is 13.2 Å². The van der Waals surface area contributed by atoms with Crippen molar-refractivity contribution in [2.24, 2.45) is 11.8 Å². The number of aromatic nitrogens is 1. The van der Waals surface area contributed by atoms with Crippen LogP contribution in [0.1, 0.15) is 36.9 Å². The fraction of sp³-hybridized carbons (Fsp3) is 0.667. The Morgan fingerprint density at radius 3 is 2.60 bits per heavy atom. The minimum atomic E-state index is -4.09. The summed E-state index contributed by atoms with van der Waals surface area (Å²) in [5, 5.41) is 0. The lowest BCUT2D eigenvalue weighted by atomic mass is 9.76. The first-order chi connectivity index (χ1) is 9.38. The van der Waals surface area contributed by atoms with Crippen LogP contribution < -0.4 is 0 Å². The van der Waals surface area contributed by atoms with Gasteiger partial charge in [-0.25, -0.2) is 0 Å². The molecule has 1 fully saturated rings. The molecule has 1 heterocycles. The number of pyridine rings is 1. The molecule has 1 aromatic rings. The van der Waals surface area contributed by atoms with Crippen LogP contribution in [-0.2, 0) is 6.42 Å². The van der Waals surface area contributed by atoms with Crippen molar-refractivity contribution in [3.63, 3.8) is 0 Å². The molecule has 3 unspecified atom stereocenters. The van der Waals surface area contributed by atoms with E-state index < -0.39 is 12.1 Å². The molecule has 3 atom stereocenters. The lowest BCUT2D eigenvalue weighted by Gasteiger charge is -2.35. The second kappa shape index (κ2) is 6.46. The van der Waals surface area contributed by atoms with Crippen molar-refractivity contribution in [3.8, 4) is 0 Å². The molecule has 20 heavy (non-hydrogen) atoms. The van der Waals surface area contributed by atoms with Gasteiger partial charge in [-0.3, -0.25) is 4.98 Å². The van der Waals surface area contributed by atoms with Gasteiger partial charge in [0, 0.05) is 23.1 Å². The number of alkyl halides is 4. The number of rotatable bonds is 3. The molecule has 5 heteroatoms. The normalized spacial score (nSPS) is 25.4. The Hall–Kier alpha value is -0.580. The first-order valence-corrected chi connectivity index (χ1v) is 7.92. The minimum Gasteiger partial charge on any atom is -0.261 e. The van der Waals surface area contributed by atoms with E-state index >= 15 is 0 Å². The van der Waals surface area contributed by atoms with Crippen molar-refractivity contribution in [3.05, 3.63) is 29.6 Å². The first-order valence-electron chi connectivity index (χ1n) is 7.00. The lowest BCUT2D eigenvalue weighted by Crippen LogP contribution is -2.38. The summed E-state index contributed by atoms with van der Waals surface area (Å²) in [6, 6.07) is 3.85. The van der Waals surface area contributed by atoms with Crippen LogP contribution in [0.5, 0.6) is 0 Å². The summed E-state index contributed by atoms with van der Waals surface area (Å²) in [6.07, 6.45) is 0.708. The fourth-order valence-corrected chi connectivity index (χ4v) is 3.93. The summed E-state index contributed by atoms with van der Waals surface area (Å²) < 4.78 is 39.3. The summed E-state index contributed by atoms with van der Waals surface area (Å²) >= 11 is 3.49. The third-order valence-electron chi connectivity index (χ3n) is 4.08. The molecule has 1 nitrogen and oxygen atoms in total. The summed E-state index contributed by atoms with van der Waals surface area (Å²) in [4.78, 5) is 4.13. The molecule has 1 aliphatic rings. The summed E-state index contributed by atoms with van der Waals surface area (Å²) in [5.41, 5.74) is 1.91. The number of hydrogen-bond acceptors (Lipinski definition) is 1. The maximum Gasteiger partial charge on any atom is 0.392 e. The predicted octanol–water partition coefficient (Wildman–Crippen LogP) is 5.06. The molecule has 0 N–H and O–H groups in total. The average Bonchev–Trinajstić information content (AvgIpc) is 2.40. The zero-order valence-electron chi connectivity index (χ0n) is 11.5. The molecule has 0 radical (unpaired) electrons. The van der Waals surface area contributed by atoms with Crippen molar-refractivity contribution < 1.29 is 13.2 Å². The van der Waals surface area contributed by atoms with Gasteiger partial charge in [0.2, 0.25) is 0 Å². The number of aryl methyl sites for hydroxylation is 1. The van der Waals surface area contributed by atoms with E-state index in [9.17, 15) is 13.2 Å². The first kappa shape index (κ1) is 15.8. The molecule has 112 valence electrons. The summed E-state index contributed by atoms with van der Waals surface area (Å²) in [6.45, 7) is 1.95. The Kier molecular flexibility index (Phi) is 5.10. The van der Waals surface area contributed by atoms with Gasteiger partial charge in [-0.05, 0) is 37.3 Å². The van der Waals surface area contributed by atoms with Crippen molar-refractivity contribution in [1.29, 1.82) is 0 Å². The molecule has 0 spiro atoms. The van der Waals surface area contributed by atoms with Crippen LogP contribution in [0.2, 0.25) is 0 Å². The van der Waals surface area contributed by atoms with Gasteiger partial charge in [0.05, 0.1) is 5.92 Å². The van der Waals surface area contributed by atoms with Gasteiger partial charge in [0.1, 0.15) is 0 Å². The van der Waals surface area contributed by atoms with Crippen molar-refractivity contribution >= 4 is 15.9 Å². The smallest absolute Gasteiger partial charge is 0.261 e. The van der Waals surface area contributed by atoms with E-state index in [1.165, 1.54) is 0 Å². The van der Waals surface area contributed by atoms with Crippen LogP contribution in [0.3, 0.4) is 0 Å². The quantitative estimate of drug-likeness (QED) is 0.694. The SMILES string of the molecule is Cc1ccc(CC(Br)C2CCCCC2C(F)(F)F)nc1. The van der Waals surface area contributed by atoms with E-state index in [0.717, 1.165) is 17.7 Å². The molecule has 1 aliphatic carbocycles. The fourth-order valence-electron chi connectivity index (χ4n) is 2.97. The van der Waals surface area contributed by atoms with Gasteiger partial charge < -0.3 is 0 Å². The van der Waals surface area contributed by atoms with Gasteiger partial charge in [0.15, 0.2) is 0 Å². The Morgan fingerprint density at radius 1 is 1.30 bits per heavy atom. The highest BCUT2D eigenvalue weighted by molar-refractivity contribution is 9.09. The highest BCUT2D eigenvalue weighted by Gasteiger charge is 2.47. The van der Waals surface area contributed by atoms with E-state index in [1.54, 1.807) is 6.20 Å². The second-order valence-corrected chi connectivity index (χ2v) is 6.82. The zero-order valence-corrected chi connectivity index (χ0v) is 13.0. The summed E-state index contributed by atoms with van der Waals surface area (Å²) in [7, 11) is 0. The monoisotopic (exact) mass is 349 g/mol. The number of hydrogen-bond donors (Lipinski definition) is 0. The van der Waals surface area contributed by atoms with Crippen molar-refractivity contribution in [2.45, 2.75) is 50.0 Å². The molecular formula is C15H19BrF3N. The average molecular weight is 350 g/mol. The predicted molar refractivity (Wildman–Crippen MR) is 76.9 cm³/mol. The molecular weight excluding hydrogens is 331 g/mol. The van der Waals surface area contributed by atoms with Crippen molar-refractivity contribution in [1.82, 2.24) is 4.98 Å². The van der Waals surface area contributed by atoms with Crippen LogP contribution in [0.25, 0.3) is 0 Å². The van der Waals surface area contributed by atoms with E-state index in [1.807, 2.05) is 19.1 Å². The van der Waals surface area contributed by atoms with Crippen molar-refractivity contribution in [2.75, 3.05) is 0 Å². The largest absolute Gasteiger partial charge is 0.392 e. The summed E-state index contributed by atoms with van der Waals surface area (Å²) in [5.74, 6) is -1.52. The highest BCUT2D eigenvalue weighted by Crippen LogP contribution is 2.45. The van der Waals surface area contributed by atoms with E-state index in [0.29, 0.717) is 19.3 Å². The van der Waals surface area contributed by atoms with Gasteiger partial charge in [-0.15, -0.1) is 0 Å². The van der Waals surface area contributed by atoms with Crippen LogP contribution in [-0.4, -0.2) is 16.0 Å². The Labute approximate surface area is 126 Å². The zero-order chi connectivity index (χ0) is 14.8. The Bertz CT molecular complexity index is 430. The van der Waals surface area contributed by atoms with E-state index in [4.69, 9.17) is 0 Å². The lowest BCUT2D eigenvalue weighted by molar-refractivity contribution is -0.196. The Morgan fingerprint density at radius 2 is 2.00 bits per heavy atom. The number of nitrogens with zero attached hydrogens (tertiary/aromatic N) is 1. The van der Waals surface area contributed by atoms with E-state index in [-0.39, 0.29) is 17.2 Å². The molecule has 0 amide bonds. The van der Waals surface area contributed by atoms with Crippen LogP contribution >= 0.6 is 15.9 Å². The highest BCUT2D eigenvalue weighted by atomic mass is 79.9. The Balaban J connectivity index is 2.06. The molecule has 0 saturated heterocycles. The molecule has 1 aromatic heterocycles. The van der Waals surface area contributed by atoms with Gasteiger partial charge in [-0.1, -0.05) is 34.8 Å². The van der Waals surface area contributed by atoms with Crippen LogP contribution in [0, 0.1) is 18.8 Å². The molecule has 0 aliphatic heterocycles. The second-order valence-electron chi connectivity index (χ2n) is 5.64. The maximum absolute atomic E-state index is 13.1. The maximum atomic E-state index is 13.1. The number of halogens is 4. The van der Waals surface area contributed by atoms with Gasteiger partial charge in [0.25, 0.3) is 0 Å². The van der Waals surface area contributed by atoms with E-state index in [2.05, 4.69) is 20.9 Å². The van der Waals surface area contributed by atoms with Gasteiger partial charge >= 0.3 is 6.18 Å². The molecule has 1 saturated carbocycles. The minimum absolute atomic E-state index is 0.162. The third-order valence-corrected chi connectivity index (χ3v) is 5.08. The standard InChI is InChI=1S/C15H19BrF3N/c1-10-6-7-11(20-9-10)8-14(16)12-4-2-3-5-13(12)15(17,18)19/h6-7,9,12-14H,2-5,8H2,1H3. The van der Waals surface area contributed by atoms with Crippen LogP contribution in [0.15, 0.2) is 18.3 Å². The topological polar surface area (TPSA) is 12.9 Å². The molecule has 0 bridgehead atoms. The molecule has 0 aromatic carbocycles. The molecule has 2 rings (SSSR count). The third kappa shape index (κ3) is 3.96.